The Hall–Kier alpha value is -1.77. The van der Waals surface area contributed by atoms with Crippen LogP contribution in [0.5, 0.6) is 11.5 Å². The maximum absolute atomic E-state index is 9.69. The quantitative estimate of drug-likeness (QED) is 0.529. The molecule has 0 fully saturated rings. The zero-order valence-electron chi connectivity index (χ0n) is 10.2. The van der Waals surface area contributed by atoms with Gasteiger partial charge in [-0.25, -0.2) is 0 Å². The van der Waals surface area contributed by atoms with Crippen molar-refractivity contribution in [1.82, 2.24) is 0 Å². The van der Waals surface area contributed by atoms with Crippen LogP contribution in [0.25, 0.3) is 10.9 Å². The lowest BCUT2D eigenvalue weighted by Gasteiger charge is -2.03. The number of hydrogen-bond acceptors (Lipinski definition) is 2. The highest BCUT2D eigenvalue weighted by Gasteiger charge is 2.15. The summed E-state index contributed by atoms with van der Waals surface area (Å²) in [7, 11) is 1.83. The van der Waals surface area contributed by atoms with Crippen molar-refractivity contribution >= 4 is 10.9 Å². The standard InChI is InChI=1S/C11H11NO2.C2H6/c1-7-5-6-12(2)10-8(7)3-4-9(13)11(10)14;1-2/h3-6,14H,1-2H3;1-2H3/p+1. The first kappa shape index (κ1) is 12.3. The molecule has 1 aromatic carbocycles. The molecule has 0 radical (unpaired) electrons. The van der Waals surface area contributed by atoms with E-state index in [2.05, 4.69) is 0 Å². The lowest BCUT2D eigenvalue weighted by Crippen LogP contribution is -2.28. The molecule has 2 aromatic rings. The number of rotatable bonds is 0. The fourth-order valence-electron chi connectivity index (χ4n) is 1.63. The monoisotopic (exact) mass is 220 g/mol. The average Bonchev–Trinajstić information content (AvgIpc) is 2.30. The molecule has 2 rings (SSSR count). The van der Waals surface area contributed by atoms with Gasteiger partial charge in [0.25, 0.3) is 5.52 Å². The first-order valence-electron chi connectivity index (χ1n) is 5.41. The topological polar surface area (TPSA) is 44.3 Å². The van der Waals surface area contributed by atoms with Gasteiger partial charge >= 0.3 is 0 Å². The van der Waals surface area contributed by atoms with E-state index < -0.39 is 0 Å². The van der Waals surface area contributed by atoms with Crippen molar-refractivity contribution in [2.75, 3.05) is 0 Å². The van der Waals surface area contributed by atoms with Gasteiger partial charge in [0.2, 0.25) is 5.75 Å². The van der Waals surface area contributed by atoms with Gasteiger partial charge in [-0.3, -0.25) is 0 Å². The van der Waals surface area contributed by atoms with E-state index in [0.29, 0.717) is 5.52 Å². The number of pyridine rings is 1. The first-order chi connectivity index (χ1) is 7.61. The van der Waals surface area contributed by atoms with Gasteiger partial charge in [-0.1, -0.05) is 13.8 Å². The van der Waals surface area contributed by atoms with Crippen LogP contribution in [0.1, 0.15) is 19.4 Å². The summed E-state index contributed by atoms with van der Waals surface area (Å²) in [6, 6.07) is 5.28. The van der Waals surface area contributed by atoms with Crippen LogP contribution >= 0.6 is 0 Å². The second-order valence-electron chi connectivity index (χ2n) is 3.44. The first-order valence-corrected chi connectivity index (χ1v) is 5.41. The molecule has 0 saturated heterocycles. The number of aromatic hydroxyl groups is 2. The molecule has 0 bridgehead atoms. The molecule has 0 atom stereocenters. The molecule has 0 saturated carbocycles. The van der Waals surface area contributed by atoms with Gasteiger partial charge in [0.05, 0.1) is 5.39 Å². The number of benzene rings is 1. The molecule has 0 aliphatic rings. The Bertz CT molecular complexity index is 507. The number of aryl methyl sites for hydroxylation is 2. The van der Waals surface area contributed by atoms with Gasteiger partial charge in [-0.15, -0.1) is 0 Å². The molecule has 0 aliphatic heterocycles. The van der Waals surface area contributed by atoms with Crippen molar-refractivity contribution in [2.24, 2.45) is 7.05 Å². The minimum absolute atomic E-state index is 0.0614. The zero-order valence-corrected chi connectivity index (χ0v) is 10.2. The zero-order chi connectivity index (χ0) is 12.3. The number of aromatic nitrogens is 1. The van der Waals surface area contributed by atoms with Crippen LogP contribution < -0.4 is 4.57 Å². The molecule has 3 nitrogen and oxygen atoms in total. The van der Waals surface area contributed by atoms with Crippen molar-refractivity contribution in [2.45, 2.75) is 20.8 Å². The van der Waals surface area contributed by atoms with E-state index in [1.54, 1.807) is 10.6 Å². The summed E-state index contributed by atoms with van der Waals surface area (Å²) in [4.78, 5) is 0. The maximum Gasteiger partial charge on any atom is 0.258 e. The van der Waals surface area contributed by atoms with Crippen LogP contribution in [0.4, 0.5) is 0 Å². The lowest BCUT2D eigenvalue weighted by atomic mass is 10.1. The van der Waals surface area contributed by atoms with Gasteiger partial charge in [-0.2, -0.15) is 4.57 Å². The predicted molar refractivity (Wildman–Crippen MR) is 64.5 cm³/mol. The number of phenols is 2. The molecule has 0 aliphatic carbocycles. The summed E-state index contributed by atoms with van der Waals surface area (Å²) >= 11 is 0. The molecule has 16 heavy (non-hydrogen) atoms. The minimum Gasteiger partial charge on any atom is -0.504 e. The maximum atomic E-state index is 9.69. The van der Waals surface area contributed by atoms with Crippen molar-refractivity contribution in [3.05, 3.63) is 30.0 Å². The van der Waals surface area contributed by atoms with Gasteiger partial charge in [0, 0.05) is 6.07 Å². The van der Waals surface area contributed by atoms with Gasteiger partial charge < -0.3 is 10.2 Å². The van der Waals surface area contributed by atoms with E-state index >= 15 is 0 Å². The van der Waals surface area contributed by atoms with E-state index in [-0.39, 0.29) is 11.5 Å². The molecule has 3 heteroatoms. The second kappa shape index (κ2) is 4.84. The van der Waals surface area contributed by atoms with E-state index in [1.165, 1.54) is 6.07 Å². The summed E-state index contributed by atoms with van der Waals surface area (Å²) < 4.78 is 1.79. The van der Waals surface area contributed by atoms with Crippen LogP contribution in [-0.2, 0) is 7.05 Å². The van der Waals surface area contributed by atoms with Gasteiger partial charge in [-0.05, 0) is 24.6 Å². The number of phenolic OH excluding ortho intramolecular Hbond substituents is 2. The number of nitrogens with zero attached hydrogens (tertiary/aromatic N) is 1. The fourth-order valence-corrected chi connectivity index (χ4v) is 1.63. The molecule has 0 amide bonds. The van der Waals surface area contributed by atoms with E-state index in [4.69, 9.17) is 0 Å². The molecule has 1 aromatic heterocycles. The smallest absolute Gasteiger partial charge is 0.258 e. The van der Waals surface area contributed by atoms with Crippen molar-refractivity contribution in [1.29, 1.82) is 0 Å². The summed E-state index contributed by atoms with van der Waals surface area (Å²) in [6.07, 6.45) is 1.86. The lowest BCUT2D eigenvalue weighted by molar-refractivity contribution is -0.645. The molecule has 0 unspecified atom stereocenters. The largest absolute Gasteiger partial charge is 0.504 e. The molecule has 1 heterocycles. The molecule has 0 spiro atoms. The summed E-state index contributed by atoms with van der Waals surface area (Å²) in [5, 5.41) is 20.0. The SMILES string of the molecule is CC.Cc1cc[n+](C)c2c(O)c(O)ccc12. The second-order valence-corrected chi connectivity index (χ2v) is 3.44. The number of fused-ring (bicyclic) bond motifs is 1. The van der Waals surface area contributed by atoms with Crippen LogP contribution in [0.2, 0.25) is 0 Å². The van der Waals surface area contributed by atoms with Gasteiger partial charge in [0.15, 0.2) is 11.9 Å². The summed E-state index contributed by atoms with van der Waals surface area (Å²) in [5.74, 6) is -0.146. The van der Waals surface area contributed by atoms with Crippen molar-refractivity contribution in [3.63, 3.8) is 0 Å². The van der Waals surface area contributed by atoms with Crippen LogP contribution in [0.15, 0.2) is 24.4 Å². The highest BCUT2D eigenvalue weighted by molar-refractivity contribution is 5.86. The third-order valence-corrected chi connectivity index (χ3v) is 2.46. The van der Waals surface area contributed by atoms with Gasteiger partial charge in [0.1, 0.15) is 7.05 Å². The molecule has 86 valence electrons. The highest BCUT2D eigenvalue weighted by Crippen LogP contribution is 2.31. The van der Waals surface area contributed by atoms with Crippen molar-refractivity contribution < 1.29 is 14.8 Å². The molecule has 2 N–H and O–H groups in total. The Kier molecular flexibility index (Phi) is 3.72. The Labute approximate surface area is 95.6 Å². The predicted octanol–water partition coefficient (Wildman–Crippen LogP) is 2.41. The highest BCUT2D eigenvalue weighted by atomic mass is 16.3. The van der Waals surface area contributed by atoms with Crippen LogP contribution in [-0.4, -0.2) is 10.2 Å². The molecular formula is C13H18NO2+. The fraction of sp³-hybridized carbons (Fsp3) is 0.308. The third-order valence-electron chi connectivity index (χ3n) is 2.46. The van der Waals surface area contributed by atoms with E-state index in [1.807, 2.05) is 40.1 Å². The summed E-state index contributed by atoms with van der Waals surface area (Å²) in [6.45, 7) is 5.97. The van der Waals surface area contributed by atoms with Crippen molar-refractivity contribution in [3.8, 4) is 11.5 Å². The minimum atomic E-state index is -0.0845. The number of hydrogen-bond donors (Lipinski definition) is 2. The molecular weight excluding hydrogens is 202 g/mol. The third kappa shape index (κ3) is 1.94. The Morgan fingerprint density at radius 1 is 1.06 bits per heavy atom. The van der Waals surface area contributed by atoms with Crippen LogP contribution in [0, 0.1) is 6.92 Å². The Morgan fingerprint density at radius 3 is 2.31 bits per heavy atom. The normalized spacial score (nSPS) is 9.75. The van der Waals surface area contributed by atoms with E-state index in [9.17, 15) is 10.2 Å². The van der Waals surface area contributed by atoms with Crippen LogP contribution in [0.3, 0.4) is 0 Å². The average molecular weight is 220 g/mol. The van der Waals surface area contributed by atoms with E-state index in [0.717, 1.165) is 10.9 Å². The Balaban J connectivity index is 0.000000606. The Morgan fingerprint density at radius 2 is 1.69 bits per heavy atom. The summed E-state index contributed by atoms with van der Waals surface area (Å²) in [5.41, 5.74) is 1.73.